The van der Waals surface area contributed by atoms with Crippen molar-refractivity contribution in [3.8, 4) is 0 Å². The quantitative estimate of drug-likeness (QED) is 0.819. The fourth-order valence-electron chi connectivity index (χ4n) is 4.71. The second kappa shape index (κ2) is 5.82. The molecule has 0 heterocycles. The lowest BCUT2D eigenvalue weighted by Gasteiger charge is -2.27. The monoisotopic (exact) mass is 264 g/mol. The summed E-state index contributed by atoms with van der Waals surface area (Å²) in [5, 5.41) is 3.16. The summed E-state index contributed by atoms with van der Waals surface area (Å²) in [6, 6.07) is 0.362. The molecule has 3 fully saturated rings. The van der Waals surface area contributed by atoms with E-state index in [2.05, 4.69) is 5.32 Å². The number of amides is 1. The van der Waals surface area contributed by atoms with Crippen molar-refractivity contribution in [2.24, 2.45) is 29.4 Å². The average molecular weight is 264 g/mol. The highest BCUT2D eigenvalue weighted by Gasteiger charge is 2.40. The molecule has 3 saturated carbocycles. The van der Waals surface area contributed by atoms with Crippen LogP contribution in [0.2, 0.25) is 0 Å². The maximum atomic E-state index is 12.1. The molecule has 3 N–H and O–H groups in total. The number of carbonyl (C=O) groups is 1. The van der Waals surface area contributed by atoms with E-state index in [0.717, 1.165) is 37.6 Å². The number of nitrogens with one attached hydrogen (secondary N) is 1. The molecule has 3 aliphatic rings. The van der Waals surface area contributed by atoms with Gasteiger partial charge in [0.25, 0.3) is 0 Å². The summed E-state index contributed by atoms with van der Waals surface area (Å²) < 4.78 is 0. The van der Waals surface area contributed by atoms with Gasteiger partial charge in [0.2, 0.25) is 5.91 Å². The zero-order valence-electron chi connectivity index (χ0n) is 11.9. The van der Waals surface area contributed by atoms with Crippen LogP contribution in [0.15, 0.2) is 0 Å². The van der Waals surface area contributed by atoms with Gasteiger partial charge in [0, 0.05) is 19.0 Å². The Bertz CT molecular complexity index is 331. The summed E-state index contributed by atoms with van der Waals surface area (Å²) in [5.41, 5.74) is 5.99. The van der Waals surface area contributed by atoms with Crippen molar-refractivity contribution in [1.29, 1.82) is 0 Å². The van der Waals surface area contributed by atoms with E-state index in [-0.39, 0.29) is 5.91 Å². The van der Waals surface area contributed by atoms with Crippen molar-refractivity contribution in [2.45, 2.75) is 63.8 Å². The van der Waals surface area contributed by atoms with Gasteiger partial charge in [0.05, 0.1) is 0 Å². The van der Waals surface area contributed by atoms with Gasteiger partial charge in [0.1, 0.15) is 0 Å². The molecule has 3 rings (SSSR count). The third kappa shape index (κ3) is 3.31. The normalized spacial score (nSPS) is 41.4. The largest absolute Gasteiger partial charge is 0.356 e. The molecule has 1 amide bonds. The van der Waals surface area contributed by atoms with Crippen LogP contribution < -0.4 is 11.1 Å². The molecule has 0 aromatic rings. The summed E-state index contributed by atoms with van der Waals surface area (Å²) >= 11 is 0. The van der Waals surface area contributed by atoms with E-state index in [1.807, 2.05) is 0 Å². The average Bonchev–Trinajstić information content (AvgIpc) is 2.99. The second-order valence-electron chi connectivity index (χ2n) is 7.24. The Morgan fingerprint density at radius 2 is 2.00 bits per heavy atom. The Kier molecular flexibility index (Phi) is 4.11. The zero-order chi connectivity index (χ0) is 13.2. The van der Waals surface area contributed by atoms with Crippen molar-refractivity contribution in [3.05, 3.63) is 0 Å². The van der Waals surface area contributed by atoms with Crippen LogP contribution >= 0.6 is 0 Å². The number of carbonyl (C=O) groups excluding carboxylic acids is 1. The molecule has 0 aliphatic heterocycles. The van der Waals surface area contributed by atoms with E-state index in [4.69, 9.17) is 5.73 Å². The van der Waals surface area contributed by atoms with Gasteiger partial charge < -0.3 is 11.1 Å². The number of hydrogen-bond acceptors (Lipinski definition) is 2. The lowest BCUT2D eigenvalue weighted by Crippen LogP contribution is -2.36. The fourth-order valence-corrected chi connectivity index (χ4v) is 4.71. The molecule has 3 heteroatoms. The van der Waals surface area contributed by atoms with E-state index in [0.29, 0.717) is 17.9 Å². The van der Waals surface area contributed by atoms with Crippen molar-refractivity contribution < 1.29 is 4.79 Å². The summed E-state index contributed by atoms with van der Waals surface area (Å²) in [6.07, 6.45) is 11.0. The van der Waals surface area contributed by atoms with Crippen molar-refractivity contribution in [2.75, 3.05) is 6.54 Å². The van der Waals surface area contributed by atoms with Gasteiger partial charge in [-0.1, -0.05) is 12.8 Å². The first-order chi connectivity index (χ1) is 9.20. The third-order valence-corrected chi connectivity index (χ3v) is 5.74. The van der Waals surface area contributed by atoms with E-state index >= 15 is 0 Å². The maximum absolute atomic E-state index is 12.1. The third-order valence-electron chi connectivity index (χ3n) is 5.74. The van der Waals surface area contributed by atoms with E-state index in [1.165, 1.54) is 38.5 Å². The number of rotatable bonds is 4. The predicted molar refractivity (Wildman–Crippen MR) is 76.5 cm³/mol. The van der Waals surface area contributed by atoms with Crippen LogP contribution in [0.4, 0.5) is 0 Å². The standard InChI is InChI=1S/C16H28N2O/c17-15-3-1-2-12(8-15)10-18-16(19)9-14-7-11-4-5-13(14)6-11/h11-15H,1-10,17H2,(H,18,19). The topological polar surface area (TPSA) is 55.1 Å². The Labute approximate surface area is 116 Å². The van der Waals surface area contributed by atoms with Crippen LogP contribution in [0.1, 0.15) is 57.8 Å². The summed E-state index contributed by atoms with van der Waals surface area (Å²) in [6.45, 7) is 0.855. The Balaban J connectivity index is 1.37. The van der Waals surface area contributed by atoms with Crippen molar-refractivity contribution in [3.63, 3.8) is 0 Å². The summed E-state index contributed by atoms with van der Waals surface area (Å²) in [4.78, 5) is 12.1. The first-order valence-electron chi connectivity index (χ1n) is 8.23. The second-order valence-corrected chi connectivity index (χ2v) is 7.24. The highest BCUT2D eigenvalue weighted by Crippen LogP contribution is 2.49. The Morgan fingerprint density at radius 3 is 2.68 bits per heavy atom. The lowest BCUT2D eigenvalue weighted by molar-refractivity contribution is -0.122. The Hall–Kier alpha value is -0.570. The molecule has 0 spiro atoms. The van der Waals surface area contributed by atoms with Gasteiger partial charge in [-0.3, -0.25) is 4.79 Å². The molecule has 5 atom stereocenters. The number of nitrogens with two attached hydrogens (primary N) is 1. The molecule has 0 radical (unpaired) electrons. The van der Waals surface area contributed by atoms with Gasteiger partial charge >= 0.3 is 0 Å². The molecule has 0 aromatic heterocycles. The van der Waals surface area contributed by atoms with Gasteiger partial charge in [-0.15, -0.1) is 0 Å². The fraction of sp³-hybridized carbons (Fsp3) is 0.938. The molecular formula is C16H28N2O. The van der Waals surface area contributed by atoms with Crippen LogP contribution in [0.5, 0.6) is 0 Å². The lowest BCUT2D eigenvalue weighted by atomic mass is 9.85. The molecule has 0 aromatic carbocycles. The first kappa shape index (κ1) is 13.4. The molecule has 108 valence electrons. The van der Waals surface area contributed by atoms with Crippen LogP contribution in [-0.4, -0.2) is 18.5 Å². The minimum absolute atomic E-state index is 0.289. The molecule has 2 bridgehead atoms. The zero-order valence-corrected chi connectivity index (χ0v) is 11.9. The van der Waals surface area contributed by atoms with Gasteiger partial charge in [-0.05, 0) is 62.2 Å². The van der Waals surface area contributed by atoms with E-state index in [9.17, 15) is 4.79 Å². The van der Waals surface area contributed by atoms with Crippen LogP contribution in [-0.2, 0) is 4.79 Å². The highest BCUT2D eigenvalue weighted by molar-refractivity contribution is 5.76. The highest BCUT2D eigenvalue weighted by atomic mass is 16.1. The number of fused-ring (bicyclic) bond motifs is 2. The molecular weight excluding hydrogens is 236 g/mol. The smallest absolute Gasteiger partial charge is 0.220 e. The van der Waals surface area contributed by atoms with Gasteiger partial charge in [-0.2, -0.15) is 0 Å². The summed E-state index contributed by atoms with van der Waals surface area (Å²) in [7, 11) is 0. The van der Waals surface area contributed by atoms with E-state index in [1.54, 1.807) is 0 Å². The van der Waals surface area contributed by atoms with E-state index < -0.39 is 0 Å². The predicted octanol–water partition coefficient (Wildman–Crippen LogP) is 2.45. The Morgan fingerprint density at radius 1 is 1.11 bits per heavy atom. The van der Waals surface area contributed by atoms with Crippen LogP contribution in [0.25, 0.3) is 0 Å². The van der Waals surface area contributed by atoms with Gasteiger partial charge in [0.15, 0.2) is 0 Å². The minimum Gasteiger partial charge on any atom is -0.356 e. The molecule has 19 heavy (non-hydrogen) atoms. The van der Waals surface area contributed by atoms with Gasteiger partial charge in [-0.25, -0.2) is 0 Å². The maximum Gasteiger partial charge on any atom is 0.220 e. The molecule has 3 aliphatic carbocycles. The number of hydrogen-bond donors (Lipinski definition) is 2. The molecule has 3 nitrogen and oxygen atoms in total. The SMILES string of the molecule is NC1CCCC(CNC(=O)CC2CC3CCC2C3)C1. The van der Waals surface area contributed by atoms with Crippen LogP contribution in [0, 0.1) is 23.7 Å². The first-order valence-corrected chi connectivity index (χ1v) is 8.23. The van der Waals surface area contributed by atoms with Crippen molar-refractivity contribution in [1.82, 2.24) is 5.32 Å². The summed E-state index contributed by atoms with van der Waals surface area (Å²) in [5.74, 6) is 3.40. The molecule has 5 unspecified atom stereocenters. The van der Waals surface area contributed by atoms with Crippen molar-refractivity contribution >= 4 is 5.91 Å². The van der Waals surface area contributed by atoms with Crippen LogP contribution in [0.3, 0.4) is 0 Å². The minimum atomic E-state index is 0.289. The molecule has 0 saturated heterocycles.